The highest BCUT2D eigenvalue weighted by molar-refractivity contribution is 7.10. The minimum absolute atomic E-state index is 0.0157. The van der Waals surface area contributed by atoms with Gasteiger partial charge in [0.2, 0.25) is 0 Å². The Morgan fingerprint density at radius 3 is 2.54 bits per heavy atom. The van der Waals surface area contributed by atoms with Crippen LogP contribution >= 0.6 is 11.3 Å². The van der Waals surface area contributed by atoms with Crippen LogP contribution in [0.4, 0.5) is 5.69 Å². The van der Waals surface area contributed by atoms with Crippen LogP contribution in [0.15, 0.2) is 41.8 Å². The quantitative estimate of drug-likeness (QED) is 0.374. The topological polar surface area (TPSA) is 128 Å². The van der Waals surface area contributed by atoms with Gasteiger partial charge in [-0.05, 0) is 30.5 Å². The number of benzene rings is 1. The Kier molecular flexibility index (Phi) is 7.64. The van der Waals surface area contributed by atoms with Gasteiger partial charge in [0, 0.05) is 29.1 Å². The van der Waals surface area contributed by atoms with Gasteiger partial charge < -0.3 is 15.4 Å². The molecule has 0 spiro atoms. The number of nitro groups is 1. The molecule has 0 bridgehead atoms. The highest BCUT2D eigenvalue weighted by atomic mass is 32.1. The zero-order chi connectivity index (χ0) is 20.5. The van der Waals surface area contributed by atoms with Crippen molar-refractivity contribution >= 4 is 34.8 Å². The molecule has 28 heavy (non-hydrogen) atoms. The maximum Gasteiger partial charge on any atom is 0.308 e. The van der Waals surface area contributed by atoms with Crippen molar-refractivity contribution in [1.29, 1.82) is 0 Å². The SMILES string of the molecule is C[C@@H](NC(=O)COC(=O)CCNC(=O)c1ccc([N+](=O)[O-])cc1)c1cccs1. The van der Waals surface area contributed by atoms with Gasteiger partial charge in [-0.15, -0.1) is 11.3 Å². The Labute approximate surface area is 164 Å². The first kappa shape index (κ1) is 21.0. The molecule has 0 aliphatic carbocycles. The Balaban J connectivity index is 1.65. The molecule has 0 aliphatic rings. The van der Waals surface area contributed by atoms with Gasteiger partial charge in [-0.2, -0.15) is 0 Å². The molecule has 1 aromatic carbocycles. The zero-order valence-corrected chi connectivity index (χ0v) is 15.9. The van der Waals surface area contributed by atoms with Gasteiger partial charge >= 0.3 is 5.97 Å². The van der Waals surface area contributed by atoms with Crippen LogP contribution in [0.25, 0.3) is 0 Å². The summed E-state index contributed by atoms with van der Waals surface area (Å²) >= 11 is 1.52. The molecule has 1 atom stereocenters. The van der Waals surface area contributed by atoms with E-state index in [9.17, 15) is 24.5 Å². The number of carbonyl (C=O) groups is 3. The molecule has 0 unspecified atom stereocenters. The second-order valence-electron chi connectivity index (χ2n) is 5.78. The molecular formula is C18H19N3O6S. The van der Waals surface area contributed by atoms with Crippen molar-refractivity contribution in [2.45, 2.75) is 19.4 Å². The van der Waals surface area contributed by atoms with Crippen LogP contribution in [0.5, 0.6) is 0 Å². The van der Waals surface area contributed by atoms with Crippen molar-refractivity contribution in [3.63, 3.8) is 0 Å². The number of non-ortho nitro benzene ring substituents is 1. The first-order valence-corrected chi connectivity index (χ1v) is 9.26. The first-order valence-electron chi connectivity index (χ1n) is 8.38. The van der Waals surface area contributed by atoms with E-state index in [4.69, 9.17) is 4.74 Å². The lowest BCUT2D eigenvalue weighted by Gasteiger charge is -2.12. The van der Waals surface area contributed by atoms with Crippen molar-refractivity contribution in [2.24, 2.45) is 0 Å². The number of rotatable bonds is 9. The van der Waals surface area contributed by atoms with Crippen LogP contribution < -0.4 is 10.6 Å². The molecule has 0 saturated carbocycles. The van der Waals surface area contributed by atoms with Crippen LogP contribution in [0, 0.1) is 10.1 Å². The number of hydrogen-bond donors (Lipinski definition) is 2. The Bertz CT molecular complexity index is 836. The van der Waals surface area contributed by atoms with E-state index in [2.05, 4.69) is 10.6 Å². The number of nitrogens with one attached hydrogen (secondary N) is 2. The van der Waals surface area contributed by atoms with Gasteiger partial charge in [-0.25, -0.2) is 0 Å². The molecule has 0 radical (unpaired) electrons. The van der Waals surface area contributed by atoms with E-state index in [0.29, 0.717) is 0 Å². The third-order valence-corrected chi connectivity index (χ3v) is 4.72. The summed E-state index contributed by atoms with van der Waals surface area (Å²) in [6, 6.07) is 8.70. The molecule has 0 saturated heterocycles. The number of hydrogen-bond acceptors (Lipinski definition) is 7. The summed E-state index contributed by atoms with van der Waals surface area (Å²) in [6.07, 6.45) is -0.105. The van der Waals surface area contributed by atoms with Gasteiger partial charge in [-0.1, -0.05) is 6.07 Å². The third-order valence-electron chi connectivity index (χ3n) is 3.67. The van der Waals surface area contributed by atoms with E-state index >= 15 is 0 Å². The van der Waals surface area contributed by atoms with Crippen molar-refractivity contribution in [3.8, 4) is 0 Å². The van der Waals surface area contributed by atoms with E-state index in [-0.39, 0.29) is 30.3 Å². The summed E-state index contributed by atoms with van der Waals surface area (Å²) in [4.78, 5) is 46.4. The smallest absolute Gasteiger partial charge is 0.308 e. The number of nitrogens with zero attached hydrogens (tertiary/aromatic N) is 1. The third kappa shape index (κ3) is 6.47. The summed E-state index contributed by atoms with van der Waals surface area (Å²) < 4.78 is 4.88. The zero-order valence-electron chi connectivity index (χ0n) is 15.0. The van der Waals surface area contributed by atoms with Crippen LogP contribution in [-0.4, -0.2) is 35.9 Å². The molecule has 2 N–H and O–H groups in total. The molecule has 9 nitrogen and oxygen atoms in total. The number of ether oxygens (including phenoxy) is 1. The average Bonchev–Trinajstić information content (AvgIpc) is 3.21. The molecule has 2 aromatic rings. The van der Waals surface area contributed by atoms with E-state index in [1.54, 1.807) is 0 Å². The fourth-order valence-corrected chi connectivity index (χ4v) is 2.96. The predicted octanol–water partition coefficient (Wildman–Crippen LogP) is 2.20. The molecule has 148 valence electrons. The van der Waals surface area contributed by atoms with E-state index in [0.717, 1.165) is 4.88 Å². The van der Waals surface area contributed by atoms with E-state index < -0.39 is 29.3 Å². The summed E-state index contributed by atoms with van der Waals surface area (Å²) in [5, 5.41) is 17.7. The average molecular weight is 405 g/mol. The largest absolute Gasteiger partial charge is 0.456 e. The van der Waals surface area contributed by atoms with Gasteiger partial charge in [0.1, 0.15) is 0 Å². The molecule has 1 heterocycles. The summed E-state index contributed by atoms with van der Waals surface area (Å²) in [6.45, 7) is 1.45. The van der Waals surface area contributed by atoms with E-state index in [1.165, 1.54) is 35.6 Å². The first-order chi connectivity index (χ1) is 13.4. The van der Waals surface area contributed by atoms with Crippen molar-refractivity contribution in [3.05, 3.63) is 62.3 Å². The lowest BCUT2D eigenvalue weighted by molar-refractivity contribution is -0.384. The molecule has 10 heteroatoms. The lowest BCUT2D eigenvalue weighted by Crippen LogP contribution is -2.31. The number of carbonyl (C=O) groups excluding carboxylic acids is 3. The van der Waals surface area contributed by atoms with Crippen molar-refractivity contribution in [1.82, 2.24) is 10.6 Å². The fraction of sp³-hybridized carbons (Fsp3) is 0.278. The Hall–Kier alpha value is -3.27. The standard InChI is InChI=1S/C18H19N3O6S/c1-12(15-3-2-10-28-15)20-16(22)11-27-17(23)8-9-19-18(24)13-4-6-14(7-5-13)21(25)26/h2-7,10,12H,8-9,11H2,1H3,(H,19,24)(H,20,22)/t12-/m1/s1. The maximum atomic E-state index is 11.9. The summed E-state index contributed by atoms with van der Waals surface area (Å²) in [5.74, 6) is -1.50. The summed E-state index contributed by atoms with van der Waals surface area (Å²) in [5.41, 5.74) is 0.118. The van der Waals surface area contributed by atoms with Crippen molar-refractivity contribution < 1.29 is 24.0 Å². The number of amides is 2. The lowest BCUT2D eigenvalue weighted by atomic mass is 10.2. The van der Waals surface area contributed by atoms with Gasteiger partial charge in [0.25, 0.3) is 17.5 Å². The minimum Gasteiger partial charge on any atom is -0.456 e. The van der Waals surface area contributed by atoms with Gasteiger partial charge in [0.15, 0.2) is 6.61 Å². The van der Waals surface area contributed by atoms with E-state index in [1.807, 2.05) is 24.4 Å². The summed E-state index contributed by atoms with van der Waals surface area (Å²) in [7, 11) is 0. The predicted molar refractivity (Wildman–Crippen MR) is 102 cm³/mol. The van der Waals surface area contributed by atoms with Crippen LogP contribution in [0.1, 0.15) is 34.6 Å². The Morgan fingerprint density at radius 2 is 1.93 bits per heavy atom. The number of esters is 1. The van der Waals surface area contributed by atoms with Gasteiger partial charge in [-0.3, -0.25) is 24.5 Å². The fourth-order valence-electron chi connectivity index (χ4n) is 2.22. The minimum atomic E-state index is -0.622. The Morgan fingerprint density at radius 1 is 1.21 bits per heavy atom. The highest BCUT2D eigenvalue weighted by Crippen LogP contribution is 2.17. The second-order valence-corrected chi connectivity index (χ2v) is 6.75. The number of thiophene rings is 1. The molecule has 1 aromatic heterocycles. The van der Waals surface area contributed by atoms with Crippen LogP contribution in [0.2, 0.25) is 0 Å². The number of nitro benzene ring substituents is 1. The molecule has 0 aliphatic heterocycles. The maximum absolute atomic E-state index is 11.9. The highest BCUT2D eigenvalue weighted by Gasteiger charge is 2.13. The molecule has 0 fully saturated rings. The van der Waals surface area contributed by atoms with Crippen molar-refractivity contribution in [2.75, 3.05) is 13.2 Å². The second kappa shape index (κ2) is 10.2. The van der Waals surface area contributed by atoms with Crippen LogP contribution in [-0.2, 0) is 14.3 Å². The molecule has 2 rings (SSSR count). The molecular weight excluding hydrogens is 386 g/mol. The normalized spacial score (nSPS) is 11.3. The van der Waals surface area contributed by atoms with Crippen LogP contribution in [0.3, 0.4) is 0 Å². The molecule has 2 amide bonds. The van der Waals surface area contributed by atoms with Gasteiger partial charge in [0.05, 0.1) is 17.4 Å². The monoisotopic (exact) mass is 405 g/mol.